The third kappa shape index (κ3) is 8.89. The molecule has 27 heavy (non-hydrogen) atoms. The van der Waals surface area contributed by atoms with Crippen LogP contribution < -0.4 is 15.4 Å². The molecule has 1 aromatic carbocycles. The number of hydrogen-bond acceptors (Lipinski definition) is 6. The third-order valence-corrected chi connectivity index (χ3v) is 5.38. The summed E-state index contributed by atoms with van der Waals surface area (Å²) in [6, 6.07) is 15.2. The van der Waals surface area contributed by atoms with E-state index >= 15 is 0 Å². The Hall–Kier alpha value is -2.84. The number of pyridine rings is 1. The molecule has 1 unspecified atom stereocenters. The monoisotopic (exact) mass is 436 g/mol. The van der Waals surface area contributed by atoms with Gasteiger partial charge >= 0.3 is 88.4 Å². The SMILES string of the molecule is CC(=O)Nc1ccccc1[As](=O)(O)OO.Nc1ccc[nH]1.c1ccncc1. The second-order valence-electron chi connectivity index (χ2n) is 4.95. The van der Waals surface area contributed by atoms with E-state index in [9.17, 15) is 12.6 Å². The van der Waals surface area contributed by atoms with Gasteiger partial charge in [0.15, 0.2) is 0 Å². The van der Waals surface area contributed by atoms with Gasteiger partial charge in [-0.1, -0.05) is 6.07 Å². The Morgan fingerprint density at radius 2 is 1.81 bits per heavy atom. The number of aromatic amines is 1. The Morgan fingerprint density at radius 1 is 1.15 bits per heavy atom. The Bertz CT molecular complexity index is 817. The van der Waals surface area contributed by atoms with E-state index in [0.717, 1.165) is 5.82 Å². The largest absolute Gasteiger partial charge is 0.385 e. The first kappa shape index (κ1) is 22.2. The van der Waals surface area contributed by atoms with E-state index in [4.69, 9.17) is 11.0 Å². The number of nitrogens with one attached hydrogen (secondary N) is 2. The molecule has 0 saturated carbocycles. The van der Waals surface area contributed by atoms with Crippen LogP contribution in [0.4, 0.5) is 11.5 Å². The molecule has 144 valence electrons. The van der Waals surface area contributed by atoms with Crippen molar-refractivity contribution < 1.29 is 21.8 Å². The summed E-state index contributed by atoms with van der Waals surface area (Å²) in [7, 11) is 0. The van der Waals surface area contributed by atoms with E-state index in [0.29, 0.717) is 0 Å². The van der Waals surface area contributed by atoms with Crippen LogP contribution in [0.5, 0.6) is 0 Å². The first-order chi connectivity index (χ1) is 12.9. The number of rotatable bonds is 3. The van der Waals surface area contributed by atoms with E-state index in [1.807, 2.05) is 24.3 Å². The van der Waals surface area contributed by atoms with Crippen LogP contribution >= 0.6 is 0 Å². The number of nitrogens with two attached hydrogens (primary N) is 1. The normalized spacial score (nSPS) is 11.7. The molecule has 0 aliphatic carbocycles. The Labute approximate surface area is 159 Å². The van der Waals surface area contributed by atoms with Gasteiger partial charge in [-0.15, -0.1) is 0 Å². The van der Waals surface area contributed by atoms with Crippen LogP contribution in [0.3, 0.4) is 0 Å². The maximum Gasteiger partial charge on any atom is 0.100 e. The van der Waals surface area contributed by atoms with Crippen LogP contribution in [-0.2, 0) is 12.4 Å². The van der Waals surface area contributed by atoms with Crippen molar-refractivity contribution >= 4 is 35.9 Å². The van der Waals surface area contributed by atoms with Crippen molar-refractivity contribution in [3.63, 3.8) is 0 Å². The standard InChI is InChI=1S/C8H10AsNO5.C5H5N.C4H6N2/c1-6(11)10-8-5-3-2-4-7(8)9(12,13)15-14;1-2-4-6-5-3-1;5-4-2-1-3-6-4/h2-5,14H,1H3,(H,10,11)(H,12,13);1-5H;1-3,6H,5H2. The second-order valence-corrected chi connectivity index (χ2v) is 8.49. The first-order valence-electron chi connectivity index (χ1n) is 7.64. The van der Waals surface area contributed by atoms with Gasteiger partial charge in [-0.2, -0.15) is 0 Å². The average molecular weight is 436 g/mol. The predicted molar refractivity (Wildman–Crippen MR) is 102 cm³/mol. The number of benzene rings is 1. The number of H-pyrrole nitrogens is 1. The van der Waals surface area contributed by atoms with Crippen molar-refractivity contribution in [2.75, 3.05) is 11.1 Å². The number of amides is 1. The van der Waals surface area contributed by atoms with Crippen molar-refractivity contribution in [3.8, 4) is 0 Å². The summed E-state index contributed by atoms with van der Waals surface area (Å²) in [5.41, 5.74) is 5.38. The van der Waals surface area contributed by atoms with Crippen LogP contribution in [0.25, 0.3) is 0 Å². The van der Waals surface area contributed by atoms with Gasteiger partial charge < -0.3 is 10.7 Å². The average Bonchev–Trinajstić information content (AvgIpc) is 3.15. The van der Waals surface area contributed by atoms with Gasteiger partial charge in [0.25, 0.3) is 0 Å². The van der Waals surface area contributed by atoms with E-state index < -0.39 is 14.2 Å². The van der Waals surface area contributed by atoms with Crippen LogP contribution in [0.1, 0.15) is 6.92 Å². The molecule has 3 rings (SSSR count). The summed E-state index contributed by atoms with van der Waals surface area (Å²) >= 11 is -4.92. The minimum Gasteiger partial charge on any atom is -0.385 e. The van der Waals surface area contributed by atoms with E-state index in [-0.39, 0.29) is 15.9 Å². The molecule has 0 saturated heterocycles. The van der Waals surface area contributed by atoms with Gasteiger partial charge in [-0.25, -0.2) is 0 Å². The van der Waals surface area contributed by atoms with Crippen molar-refractivity contribution in [1.29, 1.82) is 0 Å². The molecule has 3 aromatic rings. The number of hydrogen-bond donors (Lipinski definition) is 5. The molecule has 1 atom stereocenters. The van der Waals surface area contributed by atoms with Gasteiger partial charge in [0, 0.05) is 18.6 Å². The zero-order valence-electron chi connectivity index (χ0n) is 14.5. The summed E-state index contributed by atoms with van der Waals surface area (Å²) in [5, 5.41) is 10.7. The molecule has 9 nitrogen and oxygen atoms in total. The maximum atomic E-state index is 11.4. The minimum absolute atomic E-state index is 0.103. The Balaban J connectivity index is 0.000000246. The zero-order chi connectivity index (χ0) is 20.1. The van der Waals surface area contributed by atoms with Crippen molar-refractivity contribution in [1.82, 2.24) is 9.97 Å². The van der Waals surface area contributed by atoms with Crippen LogP contribution in [-0.4, -0.2) is 39.4 Å². The van der Waals surface area contributed by atoms with E-state index in [2.05, 4.69) is 19.2 Å². The Kier molecular flexibility index (Phi) is 9.63. The number of carbonyl (C=O) groups is 1. The van der Waals surface area contributed by atoms with Crippen molar-refractivity contribution in [2.24, 2.45) is 0 Å². The quantitative estimate of drug-likeness (QED) is 0.236. The molecule has 0 radical (unpaired) electrons. The van der Waals surface area contributed by atoms with Gasteiger partial charge in [-0.05, 0) is 24.3 Å². The van der Waals surface area contributed by atoms with Crippen LogP contribution in [0.15, 0.2) is 73.2 Å². The fourth-order valence-corrected chi connectivity index (χ4v) is 3.39. The molecular weight excluding hydrogens is 415 g/mol. The van der Waals surface area contributed by atoms with Gasteiger partial charge in [0.2, 0.25) is 0 Å². The predicted octanol–water partition coefficient (Wildman–Crippen LogP) is 1.38. The minimum atomic E-state index is -4.92. The number of nitrogen functional groups attached to an aromatic ring is 1. The molecule has 0 spiro atoms. The van der Waals surface area contributed by atoms with Crippen molar-refractivity contribution in [2.45, 2.75) is 6.92 Å². The first-order valence-corrected chi connectivity index (χ1v) is 10.9. The molecule has 0 aliphatic heterocycles. The second kappa shape index (κ2) is 11.7. The van der Waals surface area contributed by atoms with Gasteiger partial charge in [0.05, 0.1) is 0 Å². The molecule has 0 aliphatic rings. The number of nitrogens with zero attached hydrogens (tertiary/aromatic N) is 1. The summed E-state index contributed by atoms with van der Waals surface area (Å²) in [6.45, 7) is 1.27. The van der Waals surface area contributed by atoms with E-state index in [1.54, 1.807) is 30.7 Å². The molecule has 6 N–H and O–H groups in total. The fraction of sp³-hybridized carbons (Fsp3) is 0.0588. The molecule has 0 bridgehead atoms. The smallest absolute Gasteiger partial charge is 0.100 e. The summed E-state index contributed by atoms with van der Waals surface area (Å²) < 4.78 is 24.1. The molecule has 1 amide bonds. The maximum absolute atomic E-state index is 11.4. The van der Waals surface area contributed by atoms with Crippen LogP contribution in [0.2, 0.25) is 0 Å². The molecule has 2 aromatic heterocycles. The third-order valence-electron chi connectivity index (χ3n) is 2.82. The topological polar surface area (TPSA) is 151 Å². The zero-order valence-corrected chi connectivity index (χ0v) is 16.4. The van der Waals surface area contributed by atoms with E-state index in [1.165, 1.54) is 25.1 Å². The molecule has 0 fully saturated rings. The summed E-state index contributed by atoms with van der Waals surface area (Å²) in [4.78, 5) is 17.4. The number of anilines is 2. The molecular formula is C17H21AsN4O5. The fourth-order valence-electron chi connectivity index (χ4n) is 1.72. The van der Waals surface area contributed by atoms with Gasteiger partial charge in [-0.3, -0.25) is 4.98 Å². The number of aromatic nitrogens is 2. The molecule has 2 heterocycles. The molecule has 10 heteroatoms. The number of carbonyl (C=O) groups excluding carboxylic acids is 1. The summed E-state index contributed by atoms with van der Waals surface area (Å²) in [5.74, 6) is 0.339. The van der Waals surface area contributed by atoms with Crippen LogP contribution in [0, 0.1) is 0 Å². The number of para-hydroxylation sites is 1. The summed E-state index contributed by atoms with van der Waals surface area (Å²) in [6.07, 6.45) is 5.29. The Morgan fingerprint density at radius 3 is 2.19 bits per heavy atom. The van der Waals surface area contributed by atoms with Gasteiger partial charge in [0.1, 0.15) is 5.82 Å². The van der Waals surface area contributed by atoms with Crippen molar-refractivity contribution in [3.05, 3.63) is 73.2 Å².